The Morgan fingerprint density at radius 3 is 2.89 bits per heavy atom. The first-order valence-electron chi connectivity index (χ1n) is 5.71. The molecule has 0 saturated carbocycles. The maximum Gasteiger partial charge on any atom is 0.167 e. The predicted molar refractivity (Wildman–Crippen MR) is 67.5 cm³/mol. The van der Waals surface area contributed by atoms with Crippen molar-refractivity contribution in [3.05, 3.63) is 36.7 Å². The lowest BCUT2D eigenvalue weighted by Gasteiger charge is -2.24. The van der Waals surface area contributed by atoms with Gasteiger partial charge in [0.15, 0.2) is 17.2 Å². The summed E-state index contributed by atoms with van der Waals surface area (Å²) in [4.78, 5) is 11.9. The van der Waals surface area contributed by atoms with Gasteiger partial charge in [-0.25, -0.2) is 19.3 Å². The van der Waals surface area contributed by atoms with Crippen molar-refractivity contribution in [3.8, 4) is 0 Å². The van der Waals surface area contributed by atoms with Gasteiger partial charge in [0.2, 0.25) is 0 Å². The molecule has 0 amide bonds. The topological polar surface area (TPSA) is 89.8 Å². The van der Waals surface area contributed by atoms with E-state index in [9.17, 15) is 9.50 Å². The maximum atomic E-state index is 13.7. The van der Waals surface area contributed by atoms with Crippen molar-refractivity contribution in [2.75, 3.05) is 5.73 Å². The molecule has 19 heavy (non-hydrogen) atoms. The Labute approximate surface area is 108 Å². The minimum atomic E-state index is -1.43. The van der Waals surface area contributed by atoms with Crippen LogP contribution in [0.4, 0.5) is 10.2 Å². The third-order valence-electron chi connectivity index (χ3n) is 3.32. The Kier molecular flexibility index (Phi) is 2.39. The third kappa shape index (κ3) is 1.62. The lowest BCUT2D eigenvalue weighted by molar-refractivity contribution is -0.0262. The molecule has 0 radical (unpaired) electrons. The molecule has 0 bridgehead atoms. The smallest absolute Gasteiger partial charge is 0.167 e. The summed E-state index contributed by atoms with van der Waals surface area (Å²) in [6.45, 7) is 3.54. The number of aromatic nitrogens is 4. The summed E-state index contributed by atoms with van der Waals surface area (Å²) in [5.74, 6) is -0.149. The van der Waals surface area contributed by atoms with Crippen molar-refractivity contribution in [1.29, 1.82) is 0 Å². The van der Waals surface area contributed by atoms with Crippen LogP contribution in [0, 0.1) is 0 Å². The molecule has 3 N–H and O–H groups in total. The molecule has 6 nitrogen and oxygen atoms in total. The molecule has 1 aliphatic rings. The molecular weight excluding hydrogens is 249 g/mol. The fraction of sp³-hybridized carbons (Fsp3) is 0.250. The van der Waals surface area contributed by atoms with Crippen molar-refractivity contribution in [2.45, 2.75) is 18.6 Å². The number of anilines is 1. The number of hydrogen-bond donors (Lipinski definition) is 2. The van der Waals surface area contributed by atoms with E-state index in [4.69, 9.17) is 5.73 Å². The van der Waals surface area contributed by atoms with Crippen LogP contribution in [0.1, 0.15) is 12.8 Å². The van der Waals surface area contributed by atoms with Crippen molar-refractivity contribution in [3.63, 3.8) is 0 Å². The number of halogens is 1. The number of hydrogen-bond acceptors (Lipinski definition) is 5. The third-order valence-corrected chi connectivity index (χ3v) is 3.32. The normalized spacial score (nSPS) is 23.3. The zero-order chi connectivity index (χ0) is 13.6. The Balaban J connectivity index is 2.12. The fourth-order valence-corrected chi connectivity index (χ4v) is 2.34. The van der Waals surface area contributed by atoms with Crippen LogP contribution in [-0.2, 0) is 5.72 Å². The second kappa shape index (κ2) is 3.86. The number of nitrogens with zero attached hydrogens (tertiary/aromatic N) is 4. The molecule has 98 valence electrons. The van der Waals surface area contributed by atoms with Gasteiger partial charge < -0.3 is 10.8 Å². The van der Waals surface area contributed by atoms with Crippen molar-refractivity contribution in [2.24, 2.45) is 0 Å². The average molecular weight is 261 g/mol. The molecule has 0 aliphatic heterocycles. The van der Waals surface area contributed by atoms with Crippen LogP contribution in [-0.4, -0.2) is 24.6 Å². The van der Waals surface area contributed by atoms with Crippen LogP contribution in [0.2, 0.25) is 0 Å². The summed E-state index contributed by atoms with van der Waals surface area (Å²) in [6, 6.07) is 0. The van der Waals surface area contributed by atoms with Gasteiger partial charge in [0, 0.05) is 12.8 Å². The van der Waals surface area contributed by atoms with Crippen LogP contribution in [0.25, 0.3) is 11.2 Å². The molecule has 1 aliphatic carbocycles. The molecule has 0 spiro atoms. The molecule has 1 atom stereocenters. The van der Waals surface area contributed by atoms with Gasteiger partial charge >= 0.3 is 0 Å². The molecule has 2 aromatic heterocycles. The largest absolute Gasteiger partial charge is 0.382 e. The van der Waals surface area contributed by atoms with Crippen molar-refractivity contribution >= 4 is 17.0 Å². The number of fused-ring (bicyclic) bond motifs is 1. The number of rotatable bonds is 2. The number of aliphatic hydroxyl groups is 1. The van der Waals surface area contributed by atoms with Gasteiger partial charge in [-0.05, 0) is 5.57 Å². The summed E-state index contributed by atoms with van der Waals surface area (Å²) in [5, 5.41) is 10.6. The highest BCUT2D eigenvalue weighted by Crippen LogP contribution is 2.40. The first-order chi connectivity index (χ1) is 9.05. The van der Waals surface area contributed by atoms with Crippen LogP contribution < -0.4 is 5.73 Å². The van der Waals surface area contributed by atoms with E-state index in [2.05, 4.69) is 21.5 Å². The Bertz CT molecular complexity index is 707. The van der Waals surface area contributed by atoms with Crippen LogP contribution in [0.5, 0.6) is 0 Å². The first-order valence-corrected chi connectivity index (χ1v) is 5.71. The minimum absolute atomic E-state index is 0.123. The van der Waals surface area contributed by atoms with Gasteiger partial charge in [-0.3, -0.25) is 4.57 Å². The molecule has 0 fully saturated rings. The van der Waals surface area contributed by atoms with E-state index in [0.29, 0.717) is 16.7 Å². The molecule has 0 aromatic carbocycles. The highest BCUT2D eigenvalue weighted by Gasteiger charge is 2.39. The predicted octanol–water partition coefficient (Wildman–Crippen LogP) is 1.26. The Hall–Kier alpha value is -2.28. The van der Waals surface area contributed by atoms with Crippen molar-refractivity contribution < 1.29 is 9.50 Å². The maximum absolute atomic E-state index is 13.7. The van der Waals surface area contributed by atoms with E-state index >= 15 is 0 Å². The van der Waals surface area contributed by atoms with E-state index in [1.54, 1.807) is 0 Å². The lowest BCUT2D eigenvalue weighted by atomic mass is 10.1. The molecule has 1 unspecified atom stereocenters. The van der Waals surface area contributed by atoms with E-state index in [1.165, 1.54) is 23.3 Å². The summed E-state index contributed by atoms with van der Waals surface area (Å²) in [7, 11) is 0. The Morgan fingerprint density at radius 1 is 1.42 bits per heavy atom. The van der Waals surface area contributed by atoms with Gasteiger partial charge in [0.05, 0.1) is 6.33 Å². The van der Waals surface area contributed by atoms with Crippen LogP contribution in [0.3, 0.4) is 0 Å². The average Bonchev–Trinajstić information content (AvgIpc) is 2.92. The summed E-state index contributed by atoms with van der Waals surface area (Å²) >= 11 is 0. The van der Waals surface area contributed by atoms with E-state index in [1.807, 2.05) is 0 Å². The molecule has 3 rings (SSSR count). The van der Waals surface area contributed by atoms with Crippen LogP contribution in [0.15, 0.2) is 36.7 Å². The van der Waals surface area contributed by atoms with E-state index in [-0.39, 0.29) is 24.5 Å². The zero-order valence-electron chi connectivity index (χ0n) is 10.0. The zero-order valence-corrected chi connectivity index (χ0v) is 10.0. The first kappa shape index (κ1) is 11.8. The minimum Gasteiger partial charge on any atom is -0.382 e. The SMILES string of the molecule is C=CC1=C(F)CC(O)(n2cnc3c(N)ncnc32)C1. The molecule has 0 saturated heterocycles. The Morgan fingerprint density at radius 2 is 2.21 bits per heavy atom. The molecular formula is C12H12FN5O. The summed E-state index contributed by atoms with van der Waals surface area (Å²) < 4.78 is 15.1. The monoisotopic (exact) mass is 261 g/mol. The second-order valence-electron chi connectivity index (χ2n) is 4.52. The van der Waals surface area contributed by atoms with Gasteiger partial charge in [-0.1, -0.05) is 12.7 Å². The number of nitrogens with two attached hydrogens (primary N) is 1. The molecule has 7 heteroatoms. The number of allylic oxidation sites excluding steroid dienone is 1. The van der Waals surface area contributed by atoms with Crippen molar-refractivity contribution in [1.82, 2.24) is 19.5 Å². The summed E-state index contributed by atoms with van der Waals surface area (Å²) in [5.41, 5.74) is 5.42. The molecule has 2 heterocycles. The van der Waals surface area contributed by atoms with Gasteiger partial charge in [0.1, 0.15) is 17.7 Å². The standard InChI is InChI=1S/C12H12FN5O/c1-2-7-3-12(19,4-8(7)13)18-6-17-9-10(14)15-5-16-11(9)18/h2,5-6,19H,1,3-4H2,(H2,14,15,16). The lowest BCUT2D eigenvalue weighted by Crippen LogP contribution is -2.30. The fourth-order valence-electron chi connectivity index (χ4n) is 2.34. The van der Waals surface area contributed by atoms with E-state index in [0.717, 1.165) is 0 Å². The number of imidazole rings is 1. The van der Waals surface area contributed by atoms with Gasteiger partial charge in [-0.2, -0.15) is 0 Å². The van der Waals surface area contributed by atoms with Gasteiger partial charge in [0.25, 0.3) is 0 Å². The number of nitrogen functional groups attached to an aromatic ring is 1. The highest BCUT2D eigenvalue weighted by atomic mass is 19.1. The van der Waals surface area contributed by atoms with Gasteiger partial charge in [-0.15, -0.1) is 0 Å². The molecule has 2 aromatic rings. The summed E-state index contributed by atoms with van der Waals surface area (Å²) in [6.07, 6.45) is 4.08. The highest BCUT2D eigenvalue weighted by molar-refractivity contribution is 5.81. The quantitative estimate of drug-likeness (QED) is 0.849. The second-order valence-corrected chi connectivity index (χ2v) is 4.52. The van der Waals surface area contributed by atoms with Crippen LogP contribution >= 0.6 is 0 Å². The van der Waals surface area contributed by atoms with E-state index < -0.39 is 5.72 Å².